The maximum atomic E-state index is 9.62. The fourth-order valence-electron chi connectivity index (χ4n) is 1.52. The Morgan fingerprint density at radius 3 is 2.81 bits per heavy atom. The first kappa shape index (κ1) is 13.5. The van der Waals surface area contributed by atoms with Gasteiger partial charge in [0.25, 0.3) is 0 Å². The summed E-state index contributed by atoms with van der Waals surface area (Å²) in [5.74, 6) is 0. The molecule has 1 aromatic rings. The second-order valence-corrected chi connectivity index (χ2v) is 4.61. The third kappa shape index (κ3) is 5.47. The lowest BCUT2D eigenvalue weighted by molar-refractivity contribution is 0.134. The molecular weight excluding hydrogens is 224 g/mol. The zero-order chi connectivity index (χ0) is 12.0. The van der Waals surface area contributed by atoms with Crippen LogP contribution in [0.2, 0.25) is 5.02 Å². The molecule has 0 aliphatic heterocycles. The van der Waals surface area contributed by atoms with Crippen LogP contribution in [0.1, 0.15) is 5.56 Å². The van der Waals surface area contributed by atoms with Crippen LogP contribution in [0.15, 0.2) is 24.3 Å². The molecule has 0 radical (unpaired) electrons. The molecule has 1 rings (SSSR count). The van der Waals surface area contributed by atoms with Gasteiger partial charge in [0.1, 0.15) is 0 Å². The summed E-state index contributed by atoms with van der Waals surface area (Å²) in [4.78, 5) is 1.96. The molecule has 0 saturated carbocycles. The van der Waals surface area contributed by atoms with Gasteiger partial charge in [0.2, 0.25) is 0 Å². The largest absolute Gasteiger partial charge is 0.390 e. The molecule has 90 valence electrons. The molecule has 0 saturated heterocycles. The van der Waals surface area contributed by atoms with E-state index < -0.39 is 0 Å². The third-order valence-corrected chi connectivity index (χ3v) is 2.41. The number of halogens is 1. The van der Waals surface area contributed by atoms with Crippen LogP contribution in [-0.2, 0) is 6.54 Å². The van der Waals surface area contributed by atoms with Crippen molar-refractivity contribution in [1.82, 2.24) is 10.2 Å². The second-order valence-electron chi connectivity index (χ2n) is 4.18. The van der Waals surface area contributed by atoms with E-state index >= 15 is 0 Å². The molecule has 0 bridgehead atoms. The summed E-state index contributed by atoms with van der Waals surface area (Å²) >= 11 is 5.87. The average Bonchev–Trinajstić information content (AvgIpc) is 2.16. The van der Waals surface area contributed by atoms with Gasteiger partial charge < -0.3 is 15.3 Å². The number of likely N-dealkylation sites (N-methyl/N-ethyl adjacent to an activating group) is 1. The third-order valence-electron chi connectivity index (χ3n) is 2.17. The van der Waals surface area contributed by atoms with E-state index in [2.05, 4.69) is 5.32 Å². The molecule has 0 fully saturated rings. The molecule has 4 heteroatoms. The van der Waals surface area contributed by atoms with Crippen LogP contribution in [0.3, 0.4) is 0 Å². The molecule has 1 unspecified atom stereocenters. The fraction of sp³-hybridized carbons (Fsp3) is 0.500. The van der Waals surface area contributed by atoms with E-state index in [9.17, 15) is 5.11 Å². The van der Waals surface area contributed by atoms with E-state index in [0.717, 1.165) is 17.1 Å². The summed E-state index contributed by atoms with van der Waals surface area (Å²) in [5.41, 5.74) is 1.13. The van der Waals surface area contributed by atoms with Crippen LogP contribution in [0, 0.1) is 0 Å². The average molecular weight is 243 g/mol. The minimum atomic E-state index is -0.339. The van der Waals surface area contributed by atoms with Crippen molar-refractivity contribution in [2.75, 3.05) is 27.2 Å². The lowest BCUT2D eigenvalue weighted by atomic mass is 10.2. The Morgan fingerprint density at radius 1 is 1.44 bits per heavy atom. The quantitative estimate of drug-likeness (QED) is 0.791. The topological polar surface area (TPSA) is 35.5 Å². The summed E-state index contributed by atoms with van der Waals surface area (Å²) in [6.45, 7) is 1.98. The highest BCUT2D eigenvalue weighted by Gasteiger charge is 2.04. The molecule has 2 N–H and O–H groups in total. The summed E-state index contributed by atoms with van der Waals surface area (Å²) in [6.07, 6.45) is -0.339. The van der Waals surface area contributed by atoms with Gasteiger partial charge in [-0.3, -0.25) is 0 Å². The van der Waals surface area contributed by atoms with Gasteiger partial charge in [0.05, 0.1) is 6.10 Å². The van der Waals surface area contributed by atoms with E-state index in [1.807, 2.05) is 43.3 Å². The van der Waals surface area contributed by atoms with Gasteiger partial charge in [-0.05, 0) is 31.8 Å². The molecule has 0 amide bonds. The van der Waals surface area contributed by atoms with Crippen LogP contribution in [0.25, 0.3) is 0 Å². The van der Waals surface area contributed by atoms with E-state index in [-0.39, 0.29) is 6.10 Å². The van der Waals surface area contributed by atoms with Crippen LogP contribution in [0.5, 0.6) is 0 Å². The maximum absolute atomic E-state index is 9.62. The highest BCUT2D eigenvalue weighted by Crippen LogP contribution is 2.10. The first-order valence-electron chi connectivity index (χ1n) is 5.36. The Bertz CT molecular complexity index is 318. The zero-order valence-electron chi connectivity index (χ0n) is 9.78. The minimum absolute atomic E-state index is 0.339. The van der Waals surface area contributed by atoms with Crippen LogP contribution in [0.4, 0.5) is 0 Å². The van der Waals surface area contributed by atoms with Gasteiger partial charge in [-0.25, -0.2) is 0 Å². The lowest BCUT2D eigenvalue weighted by Gasteiger charge is -2.16. The van der Waals surface area contributed by atoms with Gasteiger partial charge >= 0.3 is 0 Å². The molecule has 1 atom stereocenters. The Kier molecular flexibility index (Phi) is 5.77. The summed E-state index contributed by atoms with van der Waals surface area (Å²) < 4.78 is 0. The molecule has 16 heavy (non-hydrogen) atoms. The summed E-state index contributed by atoms with van der Waals surface area (Å²) in [5, 5.41) is 13.6. The Balaban J connectivity index is 2.25. The highest BCUT2D eigenvalue weighted by molar-refractivity contribution is 6.30. The van der Waals surface area contributed by atoms with Gasteiger partial charge in [-0.15, -0.1) is 0 Å². The summed E-state index contributed by atoms with van der Waals surface area (Å²) in [6, 6.07) is 7.71. The smallest absolute Gasteiger partial charge is 0.0791 e. The number of hydrogen-bond donors (Lipinski definition) is 2. The molecule has 1 aromatic carbocycles. The van der Waals surface area contributed by atoms with Crippen molar-refractivity contribution in [1.29, 1.82) is 0 Å². The molecule has 0 aliphatic rings. The van der Waals surface area contributed by atoms with Crippen molar-refractivity contribution in [3.63, 3.8) is 0 Å². The van der Waals surface area contributed by atoms with Gasteiger partial charge in [-0.2, -0.15) is 0 Å². The predicted octanol–water partition coefficient (Wildman–Crippen LogP) is 1.35. The molecular formula is C12H19ClN2O. The van der Waals surface area contributed by atoms with Crippen molar-refractivity contribution in [3.05, 3.63) is 34.9 Å². The van der Waals surface area contributed by atoms with Crippen molar-refractivity contribution in [2.24, 2.45) is 0 Å². The molecule has 0 spiro atoms. The van der Waals surface area contributed by atoms with E-state index in [0.29, 0.717) is 13.1 Å². The van der Waals surface area contributed by atoms with E-state index in [4.69, 9.17) is 11.6 Å². The number of hydrogen-bond acceptors (Lipinski definition) is 3. The van der Waals surface area contributed by atoms with Gasteiger partial charge in [0, 0.05) is 24.7 Å². The Labute approximate surface area is 102 Å². The molecule has 0 heterocycles. The summed E-state index contributed by atoms with van der Waals surface area (Å²) in [7, 11) is 3.89. The first-order valence-corrected chi connectivity index (χ1v) is 5.73. The molecule has 0 aromatic heterocycles. The molecule has 0 aliphatic carbocycles. The first-order chi connectivity index (χ1) is 7.58. The standard InChI is InChI=1S/C12H19ClN2O/c1-15(2)9-12(16)8-14-7-10-4-3-5-11(13)6-10/h3-6,12,14,16H,7-9H2,1-2H3. The van der Waals surface area contributed by atoms with Crippen LogP contribution < -0.4 is 5.32 Å². The highest BCUT2D eigenvalue weighted by atomic mass is 35.5. The van der Waals surface area contributed by atoms with Crippen LogP contribution in [-0.4, -0.2) is 43.3 Å². The van der Waals surface area contributed by atoms with Crippen molar-refractivity contribution < 1.29 is 5.11 Å². The normalized spacial score (nSPS) is 13.1. The van der Waals surface area contributed by atoms with Crippen molar-refractivity contribution in [3.8, 4) is 0 Å². The number of benzene rings is 1. The Hall–Kier alpha value is -0.610. The number of nitrogens with one attached hydrogen (secondary N) is 1. The number of nitrogens with zero attached hydrogens (tertiary/aromatic N) is 1. The molecule has 3 nitrogen and oxygen atoms in total. The van der Waals surface area contributed by atoms with E-state index in [1.165, 1.54) is 0 Å². The number of aliphatic hydroxyl groups is 1. The second kappa shape index (κ2) is 6.86. The number of aliphatic hydroxyl groups excluding tert-OH is 1. The minimum Gasteiger partial charge on any atom is -0.390 e. The van der Waals surface area contributed by atoms with Gasteiger partial charge in [0.15, 0.2) is 0 Å². The SMILES string of the molecule is CN(C)CC(O)CNCc1cccc(Cl)c1. The Morgan fingerprint density at radius 2 is 2.19 bits per heavy atom. The van der Waals surface area contributed by atoms with Gasteiger partial charge in [-0.1, -0.05) is 23.7 Å². The fourth-order valence-corrected chi connectivity index (χ4v) is 1.73. The number of rotatable bonds is 6. The zero-order valence-corrected chi connectivity index (χ0v) is 10.5. The van der Waals surface area contributed by atoms with E-state index in [1.54, 1.807) is 0 Å². The lowest BCUT2D eigenvalue weighted by Crippen LogP contribution is -2.34. The van der Waals surface area contributed by atoms with Crippen LogP contribution >= 0.6 is 11.6 Å². The monoisotopic (exact) mass is 242 g/mol. The predicted molar refractivity (Wildman–Crippen MR) is 67.7 cm³/mol. The van der Waals surface area contributed by atoms with Crippen molar-refractivity contribution in [2.45, 2.75) is 12.6 Å². The van der Waals surface area contributed by atoms with Crippen molar-refractivity contribution >= 4 is 11.6 Å². The maximum Gasteiger partial charge on any atom is 0.0791 e.